The third kappa shape index (κ3) is 6.47. The van der Waals surface area contributed by atoms with Crippen molar-refractivity contribution in [1.29, 1.82) is 0 Å². The molecule has 0 saturated carbocycles. The SMILES string of the molecule is CCNC(=NCCCNC(=O)c1occc1C)N(C)Cc1ccc(C)cc1. The molecule has 0 bridgehead atoms. The van der Waals surface area contributed by atoms with Gasteiger partial charge >= 0.3 is 0 Å². The Morgan fingerprint density at radius 2 is 1.89 bits per heavy atom. The first kappa shape index (κ1) is 20.6. The summed E-state index contributed by atoms with van der Waals surface area (Å²) in [5.74, 6) is 1.07. The van der Waals surface area contributed by atoms with Crippen LogP contribution in [0.5, 0.6) is 0 Å². The van der Waals surface area contributed by atoms with Gasteiger partial charge in [0.15, 0.2) is 11.7 Å². The van der Waals surface area contributed by atoms with Gasteiger partial charge in [-0.2, -0.15) is 0 Å². The molecule has 2 aromatic rings. The van der Waals surface area contributed by atoms with Crippen LogP contribution >= 0.6 is 0 Å². The highest BCUT2D eigenvalue weighted by molar-refractivity contribution is 5.92. The van der Waals surface area contributed by atoms with E-state index in [-0.39, 0.29) is 5.91 Å². The van der Waals surface area contributed by atoms with Crippen LogP contribution in [-0.2, 0) is 6.54 Å². The molecule has 6 heteroatoms. The van der Waals surface area contributed by atoms with Crippen LogP contribution in [0.3, 0.4) is 0 Å². The number of hydrogen-bond donors (Lipinski definition) is 2. The molecule has 1 amide bonds. The first-order valence-corrected chi connectivity index (χ1v) is 9.38. The zero-order valence-corrected chi connectivity index (χ0v) is 16.7. The summed E-state index contributed by atoms with van der Waals surface area (Å²) in [6.45, 7) is 8.80. The van der Waals surface area contributed by atoms with Crippen LogP contribution in [0.4, 0.5) is 0 Å². The van der Waals surface area contributed by atoms with Crippen molar-refractivity contribution in [3.8, 4) is 0 Å². The summed E-state index contributed by atoms with van der Waals surface area (Å²) in [6, 6.07) is 10.3. The van der Waals surface area contributed by atoms with Gasteiger partial charge in [0, 0.05) is 38.8 Å². The molecule has 146 valence electrons. The summed E-state index contributed by atoms with van der Waals surface area (Å²) in [7, 11) is 2.03. The van der Waals surface area contributed by atoms with Crippen molar-refractivity contribution in [3.63, 3.8) is 0 Å². The Hall–Kier alpha value is -2.76. The van der Waals surface area contributed by atoms with Crippen LogP contribution in [0.25, 0.3) is 0 Å². The van der Waals surface area contributed by atoms with Crippen molar-refractivity contribution in [3.05, 3.63) is 59.0 Å². The molecule has 27 heavy (non-hydrogen) atoms. The van der Waals surface area contributed by atoms with Crippen LogP contribution in [0.15, 0.2) is 46.0 Å². The maximum Gasteiger partial charge on any atom is 0.287 e. The van der Waals surface area contributed by atoms with E-state index in [1.165, 1.54) is 17.4 Å². The Balaban J connectivity index is 1.81. The van der Waals surface area contributed by atoms with E-state index in [0.29, 0.717) is 18.8 Å². The zero-order chi connectivity index (χ0) is 19.6. The Morgan fingerprint density at radius 3 is 2.52 bits per heavy atom. The molecule has 2 N–H and O–H groups in total. The topological polar surface area (TPSA) is 69.9 Å². The number of carbonyl (C=O) groups excluding carboxylic acids is 1. The van der Waals surface area contributed by atoms with E-state index >= 15 is 0 Å². The molecule has 6 nitrogen and oxygen atoms in total. The average Bonchev–Trinajstić information content (AvgIpc) is 3.08. The number of hydrogen-bond acceptors (Lipinski definition) is 3. The van der Waals surface area contributed by atoms with E-state index in [0.717, 1.165) is 31.0 Å². The van der Waals surface area contributed by atoms with E-state index < -0.39 is 0 Å². The molecule has 0 saturated heterocycles. The number of nitrogens with zero attached hydrogens (tertiary/aromatic N) is 2. The summed E-state index contributed by atoms with van der Waals surface area (Å²) < 4.78 is 5.19. The largest absolute Gasteiger partial charge is 0.459 e. The van der Waals surface area contributed by atoms with E-state index in [1.807, 2.05) is 14.0 Å². The lowest BCUT2D eigenvalue weighted by molar-refractivity contribution is 0.0925. The zero-order valence-electron chi connectivity index (χ0n) is 16.7. The number of benzene rings is 1. The smallest absolute Gasteiger partial charge is 0.287 e. The van der Waals surface area contributed by atoms with Gasteiger partial charge in [0.2, 0.25) is 0 Å². The number of furan rings is 1. The molecule has 1 heterocycles. The normalized spacial score (nSPS) is 11.3. The van der Waals surface area contributed by atoms with E-state index in [4.69, 9.17) is 4.42 Å². The molecular formula is C21H30N4O2. The Kier molecular flexibility index (Phi) is 7.92. The second-order valence-corrected chi connectivity index (χ2v) is 6.62. The van der Waals surface area contributed by atoms with Crippen LogP contribution in [-0.4, -0.2) is 43.4 Å². The van der Waals surface area contributed by atoms with Crippen LogP contribution in [0.1, 0.15) is 40.6 Å². The first-order chi connectivity index (χ1) is 13.0. The molecule has 0 radical (unpaired) electrons. The van der Waals surface area contributed by atoms with Crippen LogP contribution in [0.2, 0.25) is 0 Å². The molecule has 0 aliphatic rings. The maximum absolute atomic E-state index is 12.0. The van der Waals surface area contributed by atoms with Gasteiger partial charge < -0.3 is 20.0 Å². The lowest BCUT2D eigenvalue weighted by Gasteiger charge is -2.22. The monoisotopic (exact) mass is 370 g/mol. The number of carbonyl (C=O) groups is 1. The van der Waals surface area contributed by atoms with Gasteiger partial charge in [0.25, 0.3) is 5.91 Å². The Labute approximate surface area is 161 Å². The fourth-order valence-corrected chi connectivity index (χ4v) is 2.66. The second-order valence-electron chi connectivity index (χ2n) is 6.62. The summed E-state index contributed by atoms with van der Waals surface area (Å²) in [5.41, 5.74) is 3.35. The molecular weight excluding hydrogens is 340 g/mol. The van der Waals surface area contributed by atoms with E-state index in [9.17, 15) is 4.79 Å². The van der Waals surface area contributed by atoms with Crippen molar-refractivity contribution in [2.45, 2.75) is 33.7 Å². The van der Waals surface area contributed by atoms with Crippen molar-refractivity contribution >= 4 is 11.9 Å². The summed E-state index contributed by atoms with van der Waals surface area (Å²) >= 11 is 0. The lowest BCUT2D eigenvalue weighted by Crippen LogP contribution is -2.38. The number of nitrogens with one attached hydrogen (secondary N) is 2. The fraction of sp³-hybridized carbons (Fsp3) is 0.429. The lowest BCUT2D eigenvalue weighted by atomic mass is 10.1. The number of aryl methyl sites for hydroxylation is 2. The van der Waals surface area contributed by atoms with Crippen LogP contribution in [0, 0.1) is 13.8 Å². The molecule has 0 unspecified atom stereocenters. The second kappa shape index (κ2) is 10.4. The standard InChI is InChI=1S/C21H30N4O2/c1-5-22-21(25(4)15-18-9-7-16(2)8-10-18)24-13-6-12-23-20(26)19-17(3)11-14-27-19/h7-11,14H,5-6,12-13,15H2,1-4H3,(H,22,24)(H,23,26). The van der Waals surface area contributed by atoms with Gasteiger partial charge in [-0.05, 0) is 38.8 Å². The quantitative estimate of drug-likeness (QED) is 0.426. The highest BCUT2D eigenvalue weighted by atomic mass is 16.3. The highest BCUT2D eigenvalue weighted by Gasteiger charge is 2.11. The molecule has 0 aliphatic carbocycles. The summed E-state index contributed by atoms with van der Waals surface area (Å²) in [6.07, 6.45) is 2.29. The number of guanidine groups is 1. The minimum atomic E-state index is -0.176. The molecule has 0 aliphatic heterocycles. The predicted octanol–water partition coefficient (Wildman–Crippen LogP) is 3.11. The van der Waals surface area contributed by atoms with Gasteiger partial charge in [0.05, 0.1) is 6.26 Å². The van der Waals surface area contributed by atoms with Crippen molar-refractivity contribution in [1.82, 2.24) is 15.5 Å². The number of aliphatic imine (C=N–C) groups is 1. The average molecular weight is 370 g/mol. The number of amides is 1. The highest BCUT2D eigenvalue weighted by Crippen LogP contribution is 2.08. The van der Waals surface area contributed by atoms with Crippen molar-refractivity contribution < 1.29 is 9.21 Å². The van der Waals surface area contributed by atoms with E-state index in [1.54, 1.807) is 6.07 Å². The third-order valence-corrected chi connectivity index (χ3v) is 4.19. The molecule has 0 spiro atoms. The minimum absolute atomic E-state index is 0.176. The molecule has 1 aromatic carbocycles. The van der Waals surface area contributed by atoms with Gasteiger partial charge in [-0.3, -0.25) is 9.79 Å². The fourth-order valence-electron chi connectivity index (χ4n) is 2.66. The van der Waals surface area contributed by atoms with Gasteiger partial charge in [0.1, 0.15) is 0 Å². The Morgan fingerprint density at radius 1 is 1.15 bits per heavy atom. The summed E-state index contributed by atoms with van der Waals surface area (Å²) in [4.78, 5) is 18.8. The van der Waals surface area contributed by atoms with Gasteiger partial charge in [-0.25, -0.2) is 0 Å². The minimum Gasteiger partial charge on any atom is -0.459 e. The molecule has 0 atom stereocenters. The maximum atomic E-state index is 12.0. The predicted molar refractivity (Wildman–Crippen MR) is 109 cm³/mol. The Bertz CT molecular complexity index is 750. The first-order valence-electron chi connectivity index (χ1n) is 9.38. The van der Waals surface area contributed by atoms with Crippen molar-refractivity contribution in [2.24, 2.45) is 4.99 Å². The third-order valence-electron chi connectivity index (χ3n) is 4.19. The molecule has 2 rings (SSSR count). The molecule has 1 aromatic heterocycles. The number of rotatable bonds is 8. The van der Waals surface area contributed by atoms with Gasteiger partial charge in [-0.1, -0.05) is 29.8 Å². The van der Waals surface area contributed by atoms with Gasteiger partial charge in [-0.15, -0.1) is 0 Å². The van der Waals surface area contributed by atoms with Crippen LogP contribution < -0.4 is 10.6 Å². The molecule has 0 fully saturated rings. The summed E-state index contributed by atoms with van der Waals surface area (Å²) in [5, 5.41) is 6.19. The van der Waals surface area contributed by atoms with Crippen molar-refractivity contribution in [2.75, 3.05) is 26.7 Å². The van der Waals surface area contributed by atoms with E-state index in [2.05, 4.69) is 58.6 Å².